The molecule has 2 heterocycles. The fraction of sp³-hybridized carbons (Fsp3) is 0.611. The van der Waals surface area contributed by atoms with Crippen LogP contribution in [0.1, 0.15) is 49.4 Å². The number of benzene rings is 1. The Morgan fingerprint density at radius 1 is 1.14 bits per heavy atom. The van der Waals surface area contributed by atoms with Gasteiger partial charge in [-0.05, 0) is 75.9 Å². The van der Waals surface area contributed by atoms with Crippen LogP contribution in [0.4, 0.5) is 5.69 Å². The highest BCUT2D eigenvalue weighted by atomic mass is 16.1. The summed E-state index contributed by atoms with van der Waals surface area (Å²) in [5, 5.41) is 3.58. The summed E-state index contributed by atoms with van der Waals surface area (Å²) in [5.41, 5.74) is 1.92. The minimum absolute atomic E-state index is 0.131. The molecular weight excluding hydrogens is 260 g/mol. The van der Waals surface area contributed by atoms with Gasteiger partial charge in [-0.25, -0.2) is 0 Å². The number of ketones is 1. The van der Waals surface area contributed by atoms with Crippen LogP contribution in [0.25, 0.3) is 0 Å². The maximum absolute atomic E-state index is 11.3. The zero-order chi connectivity index (χ0) is 14.7. The predicted octanol–water partition coefficient (Wildman–Crippen LogP) is 3.57. The van der Waals surface area contributed by atoms with E-state index in [-0.39, 0.29) is 5.78 Å². The summed E-state index contributed by atoms with van der Waals surface area (Å²) in [6.45, 7) is 5.27. The number of anilines is 1. The Kier molecular flexibility index (Phi) is 4.59. The van der Waals surface area contributed by atoms with E-state index < -0.39 is 0 Å². The van der Waals surface area contributed by atoms with Gasteiger partial charge in [0.1, 0.15) is 0 Å². The van der Waals surface area contributed by atoms with E-state index in [4.69, 9.17) is 0 Å². The molecule has 2 atom stereocenters. The molecule has 0 saturated carbocycles. The highest BCUT2D eigenvalue weighted by Crippen LogP contribution is 2.31. The third kappa shape index (κ3) is 3.46. The maximum Gasteiger partial charge on any atom is 0.159 e. The summed E-state index contributed by atoms with van der Waals surface area (Å²) in [5.74, 6) is 0.901. The van der Waals surface area contributed by atoms with Gasteiger partial charge < -0.3 is 10.2 Å². The second-order valence-corrected chi connectivity index (χ2v) is 6.52. The number of nitrogens with one attached hydrogen (secondary N) is 1. The van der Waals surface area contributed by atoms with Gasteiger partial charge in [-0.2, -0.15) is 0 Å². The van der Waals surface area contributed by atoms with Gasteiger partial charge in [0, 0.05) is 23.8 Å². The average Bonchev–Trinajstić information content (AvgIpc) is 2.53. The number of rotatable bonds is 4. The molecule has 114 valence electrons. The van der Waals surface area contributed by atoms with Crippen molar-refractivity contribution in [1.82, 2.24) is 4.90 Å². The van der Waals surface area contributed by atoms with E-state index in [1.807, 2.05) is 24.3 Å². The Morgan fingerprint density at radius 3 is 2.67 bits per heavy atom. The highest BCUT2D eigenvalue weighted by Gasteiger charge is 2.32. The topological polar surface area (TPSA) is 32.3 Å². The zero-order valence-corrected chi connectivity index (χ0v) is 13.0. The average molecular weight is 286 g/mol. The largest absolute Gasteiger partial charge is 0.385 e. The molecule has 2 unspecified atom stereocenters. The van der Waals surface area contributed by atoms with Crippen LogP contribution < -0.4 is 5.32 Å². The van der Waals surface area contributed by atoms with Gasteiger partial charge in [-0.3, -0.25) is 4.79 Å². The molecule has 0 aliphatic carbocycles. The molecule has 2 saturated heterocycles. The van der Waals surface area contributed by atoms with Crippen LogP contribution in [-0.4, -0.2) is 36.4 Å². The van der Waals surface area contributed by atoms with Gasteiger partial charge in [0.05, 0.1) is 0 Å². The van der Waals surface area contributed by atoms with Gasteiger partial charge in [-0.1, -0.05) is 6.42 Å². The molecule has 1 aromatic carbocycles. The van der Waals surface area contributed by atoms with Crippen molar-refractivity contribution in [3.8, 4) is 0 Å². The van der Waals surface area contributed by atoms with E-state index in [9.17, 15) is 4.79 Å². The van der Waals surface area contributed by atoms with Crippen molar-refractivity contribution >= 4 is 11.5 Å². The molecule has 1 N–H and O–H groups in total. The first-order chi connectivity index (χ1) is 10.2. The molecular formula is C18H26N2O. The molecule has 2 fully saturated rings. The van der Waals surface area contributed by atoms with E-state index in [0.29, 0.717) is 0 Å². The smallest absolute Gasteiger partial charge is 0.159 e. The normalized spacial score (nSPS) is 26.1. The van der Waals surface area contributed by atoms with Gasteiger partial charge in [-0.15, -0.1) is 0 Å². The van der Waals surface area contributed by atoms with Crippen molar-refractivity contribution in [3.63, 3.8) is 0 Å². The molecule has 2 aliphatic heterocycles. The first-order valence-corrected chi connectivity index (χ1v) is 8.33. The summed E-state index contributed by atoms with van der Waals surface area (Å²) >= 11 is 0. The van der Waals surface area contributed by atoms with E-state index >= 15 is 0 Å². The molecule has 0 spiro atoms. The molecule has 0 radical (unpaired) electrons. The molecule has 3 rings (SSSR count). The third-order valence-corrected chi connectivity index (χ3v) is 5.09. The van der Waals surface area contributed by atoms with Gasteiger partial charge in [0.2, 0.25) is 0 Å². The zero-order valence-electron chi connectivity index (χ0n) is 13.0. The number of fused-ring (bicyclic) bond motifs is 1. The molecule has 0 bridgehead atoms. The van der Waals surface area contributed by atoms with Crippen molar-refractivity contribution in [2.24, 2.45) is 5.92 Å². The summed E-state index contributed by atoms with van der Waals surface area (Å²) in [6.07, 6.45) is 6.83. The lowest BCUT2D eigenvalue weighted by atomic mass is 9.83. The summed E-state index contributed by atoms with van der Waals surface area (Å²) in [6, 6.07) is 8.67. The van der Waals surface area contributed by atoms with E-state index in [2.05, 4.69) is 10.2 Å². The van der Waals surface area contributed by atoms with Crippen LogP contribution in [0.15, 0.2) is 24.3 Å². The lowest BCUT2D eigenvalue weighted by Crippen LogP contribution is -2.49. The van der Waals surface area contributed by atoms with Crippen molar-refractivity contribution in [2.75, 3.05) is 25.0 Å². The van der Waals surface area contributed by atoms with E-state index in [0.717, 1.165) is 29.8 Å². The van der Waals surface area contributed by atoms with Crippen LogP contribution >= 0.6 is 0 Å². The number of Topliss-reactive ketones (excluding diaryl/α,β-unsaturated/α-hetero) is 1. The molecule has 0 aromatic heterocycles. The maximum atomic E-state index is 11.3. The fourth-order valence-electron chi connectivity index (χ4n) is 3.89. The van der Waals surface area contributed by atoms with Crippen LogP contribution in [0.3, 0.4) is 0 Å². The lowest BCUT2D eigenvalue weighted by Gasteiger charge is -2.44. The first-order valence-electron chi connectivity index (χ1n) is 8.33. The summed E-state index contributed by atoms with van der Waals surface area (Å²) < 4.78 is 0. The minimum atomic E-state index is 0.131. The minimum Gasteiger partial charge on any atom is -0.385 e. The number of nitrogens with zero attached hydrogens (tertiary/aromatic N) is 1. The van der Waals surface area contributed by atoms with Crippen LogP contribution in [0.5, 0.6) is 0 Å². The molecule has 3 nitrogen and oxygen atoms in total. The Labute approximate surface area is 127 Å². The highest BCUT2D eigenvalue weighted by molar-refractivity contribution is 5.94. The monoisotopic (exact) mass is 286 g/mol. The van der Waals surface area contributed by atoms with Gasteiger partial charge in [0.25, 0.3) is 0 Å². The Balaban J connectivity index is 1.57. The van der Waals surface area contributed by atoms with E-state index in [1.54, 1.807) is 6.92 Å². The molecule has 1 aromatic rings. The molecule has 3 heteroatoms. The van der Waals surface area contributed by atoms with Gasteiger partial charge >= 0.3 is 0 Å². The SMILES string of the molecule is CC(=O)c1ccc(NCC2CCCN3CCCCC23)cc1. The summed E-state index contributed by atoms with van der Waals surface area (Å²) in [7, 11) is 0. The second kappa shape index (κ2) is 6.61. The Bertz CT molecular complexity index is 480. The van der Waals surface area contributed by atoms with Crippen molar-refractivity contribution in [1.29, 1.82) is 0 Å². The number of piperidine rings is 2. The summed E-state index contributed by atoms with van der Waals surface area (Å²) in [4.78, 5) is 14.0. The van der Waals surface area contributed by atoms with Crippen molar-refractivity contribution < 1.29 is 4.79 Å². The van der Waals surface area contributed by atoms with Crippen LogP contribution in [0, 0.1) is 5.92 Å². The fourth-order valence-corrected chi connectivity index (χ4v) is 3.89. The van der Waals surface area contributed by atoms with E-state index in [1.165, 1.54) is 45.2 Å². The van der Waals surface area contributed by atoms with Crippen LogP contribution in [0.2, 0.25) is 0 Å². The Hall–Kier alpha value is -1.35. The standard InChI is InChI=1S/C18H26N2O/c1-14(21)15-7-9-17(10-8-15)19-13-16-5-4-12-20-11-3-2-6-18(16)20/h7-10,16,18-19H,2-6,11-13H2,1H3. The third-order valence-electron chi connectivity index (χ3n) is 5.09. The van der Waals surface area contributed by atoms with Crippen molar-refractivity contribution in [3.05, 3.63) is 29.8 Å². The van der Waals surface area contributed by atoms with Crippen molar-refractivity contribution in [2.45, 2.75) is 45.1 Å². The Morgan fingerprint density at radius 2 is 1.90 bits per heavy atom. The predicted molar refractivity (Wildman–Crippen MR) is 86.9 cm³/mol. The molecule has 0 amide bonds. The molecule has 21 heavy (non-hydrogen) atoms. The number of carbonyl (C=O) groups is 1. The molecule has 2 aliphatic rings. The lowest BCUT2D eigenvalue weighted by molar-refractivity contribution is 0.0649. The number of carbonyl (C=O) groups excluding carboxylic acids is 1. The van der Waals surface area contributed by atoms with Crippen LogP contribution in [-0.2, 0) is 0 Å². The number of hydrogen-bond donors (Lipinski definition) is 1. The second-order valence-electron chi connectivity index (χ2n) is 6.52. The van der Waals surface area contributed by atoms with Gasteiger partial charge in [0.15, 0.2) is 5.78 Å². The first kappa shape index (κ1) is 14.6. The quantitative estimate of drug-likeness (QED) is 0.859. The number of hydrogen-bond acceptors (Lipinski definition) is 3.